The Morgan fingerprint density at radius 2 is 0.885 bits per heavy atom. The van der Waals surface area contributed by atoms with Gasteiger partial charge in [0.1, 0.15) is 11.2 Å². The van der Waals surface area contributed by atoms with E-state index in [4.69, 9.17) is 19.4 Å². The second kappa shape index (κ2) is 11.9. The van der Waals surface area contributed by atoms with E-state index in [1.807, 2.05) is 6.07 Å². The molecule has 3 aromatic heterocycles. The highest BCUT2D eigenvalue weighted by molar-refractivity contribution is 6.11. The van der Waals surface area contributed by atoms with Gasteiger partial charge in [0.05, 0.1) is 11.0 Å². The van der Waals surface area contributed by atoms with E-state index in [0.717, 1.165) is 66.0 Å². The Morgan fingerprint density at radius 1 is 0.385 bits per heavy atom. The lowest BCUT2D eigenvalue weighted by atomic mass is 9.99. The van der Waals surface area contributed by atoms with Gasteiger partial charge in [0.2, 0.25) is 5.95 Å². The third-order valence-electron chi connectivity index (χ3n) is 10.0. The summed E-state index contributed by atoms with van der Waals surface area (Å²) in [5.41, 5.74) is 12.6. The molecule has 246 valence electrons. The maximum Gasteiger partial charge on any atom is 0.238 e. The minimum absolute atomic E-state index is 0.578. The Labute approximate surface area is 300 Å². The summed E-state index contributed by atoms with van der Waals surface area (Å²) < 4.78 is 8.49. The Kier molecular flexibility index (Phi) is 6.86. The first kappa shape index (κ1) is 30.0. The van der Waals surface area contributed by atoms with Gasteiger partial charge in [-0.3, -0.25) is 4.57 Å². The number of benzene rings is 7. The van der Waals surface area contributed by atoms with Gasteiger partial charge in [-0.15, -0.1) is 0 Å². The van der Waals surface area contributed by atoms with Crippen molar-refractivity contribution in [1.82, 2.24) is 19.5 Å². The van der Waals surface area contributed by atoms with Crippen molar-refractivity contribution in [1.29, 1.82) is 0 Å². The molecule has 0 saturated heterocycles. The average Bonchev–Trinajstić information content (AvgIpc) is 3.73. The van der Waals surface area contributed by atoms with Gasteiger partial charge in [-0.25, -0.2) is 4.98 Å². The monoisotopic (exact) mass is 668 g/mol. The second-order valence-corrected chi connectivity index (χ2v) is 13.5. The van der Waals surface area contributed by atoms with Crippen molar-refractivity contribution >= 4 is 43.7 Å². The van der Waals surface area contributed by atoms with Crippen LogP contribution in [0.5, 0.6) is 0 Å². The zero-order valence-electron chi connectivity index (χ0n) is 28.7. The molecule has 0 amide bonds. The van der Waals surface area contributed by atoms with Crippen LogP contribution in [0.1, 0.15) is 11.1 Å². The first-order chi connectivity index (χ1) is 25.6. The normalized spacial score (nSPS) is 11.7. The molecule has 0 saturated carbocycles. The van der Waals surface area contributed by atoms with E-state index in [-0.39, 0.29) is 0 Å². The van der Waals surface area contributed by atoms with E-state index in [0.29, 0.717) is 17.6 Å². The van der Waals surface area contributed by atoms with Crippen LogP contribution in [0.15, 0.2) is 162 Å². The largest absolute Gasteiger partial charge is 0.456 e. The number of para-hydroxylation sites is 1. The van der Waals surface area contributed by atoms with E-state index in [1.165, 1.54) is 22.3 Å². The lowest BCUT2D eigenvalue weighted by molar-refractivity contribution is 0.669. The van der Waals surface area contributed by atoms with Crippen LogP contribution in [0, 0.1) is 13.8 Å². The van der Waals surface area contributed by atoms with Crippen LogP contribution in [0.4, 0.5) is 0 Å². The standard InChI is InChI=1S/C47H32N4O/c1-29-12-16-32(17-13-29)45-48-46(33-18-14-30(2)15-19-33)50-47(49-45)51-41-11-7-6-10-37(41)38-23-20-36(28-42(38)51)35-22-25-44-40(27-35)39-26-34(21-24-43(39)52-44)31-8-4-3-5-9-31/h3-28H,1-2H3. The molecule has 0 spiro atoms. The molecule has 10 aromatic rings. The number of hydrogen-bond acceptors (Lipinski definition) is 4. The molecule has 3 heterocycles. The molecule has 5 nitrogen and oxygen atoms in total. The number of aromatic nitrogens is 4. The van der Waals surface area contributed by atoms with Crippen molar-refractivity contribution in [3.05, 3.63) is 169 Å². The Balaban J connectivity index is 1.17. The van der Waals surface area contributed by atoms with Crippen LogP contribution < -0.4 is 0 Å². The highest BCUT2D eigenvalue weighted by atomic mass is 16.3. The summed E-state index contributed by atoms with van der Waals surface area (Å²) in [6.07, 6.45) is 0. The van der Waals surface area contributed by atoms with Crippen molar-refractivity contribution in [2.75, 3.05) is 0 Å². The molecule has 0 radical (unpaired) electrons. The van der Waals surface area contributed by atoms with Crippen molar-refractivity contribution in [3.8, 4) is 51.0 Å². The number of fused-ring (bicyclic) bond motifs is 6. The minimum Gasteiger partial charge on any atom is -0.456 e. The van der Waals surface area contributed by atoms with E-state index in [9.17, 15) is 0 Å². The van der Waals surface area contributed by atoms with Crippen LogP contribution in [-0.4, -0.2) is 19.5 Å². The van der Waals surface area contributed by atoms with Crippen molar-refractivity contribution < 1.29 is 4.42 Å². The number of furan rings is 1. The van der Waals surface area contributed by atoms with Gasteiger partial charge >= 0.3 is 0 Å². The summed E-state index contributed by atoms with van der Waals surface area (Å²) in [5, 5.41) is 4.47. The minimum atomic E-state index is 0.578. The van der Waals surface area contributed by atoms with Crippen LogP contribution >= 0.6 is 0 Å². The molecule has 5 heteroatoms. The lowest BCUT2D eigenvalue weighted by Crippen LogP contribution is -2.06. The Morgan fingerprint density at radius 3 is 1.52 bits per heavy atom. The third-order valence-corrected chi connectivity index (χ3v) is 10.0. The number of hydrogen-bond donors (Lipinski definition) is 0. The molecule has 52 heavy (non-hydrogen) atoms. The molecule has 0 aliphatic rings. The molecule has 0 bridgehead atoms. The molecule has 0 N–H and O–H groups in total. The van der Waals surface area contributed by atoms with Crippen molar-refractivity contribution in [3.63, 3.8) is 0 Å². The van der Waals surface area contributed by atoms with Gasteiger partial charge in [0, 0.05) is 32.7 Å². The summed E-state index contributed by atoms with van der Waals surface area (Å²) in [4.78, 5) is 15.3. The van der Waals surface area contributed by atoms with Crippen molar-refractivity contribution in [2.24, 2.45) is 0 Å². The van der Waals surface area contributed by atoms with Crippen LogP contribution in [-0.2, 0) is 0 Å². The molecule has 0 atom stereocenters. The summed E-state index contributed by atoms with van der Waals surface area (Å²) in [5.74, 6) is 1.85. The number of nitrogens with zero attached hydrogens (tertiary/aromatic N) is 4. The molecular formula is C47H32N4O. The predicted molar refractivity (Wildman–Crippen MR) is 213 cm³/mol. The fraction of sp³-hybridized carbons (Fsp3) is 0.0426. The topological polar surface area (TPSA) is 56.7 Å². The van der Waals surface area contributed by atoms with Crippen LogP contribution in [0.3, 0.4) is 0 Å². The quantitative estimate of drug-likeness (QED) is 0.183. The van der Waals surface area contributed by atoms with Crippen LogP contribution in [0.25, 0.3) is 94.7 Å². The van der Waals surface area contributed by atoms with Gasteiger partial charge in [0.15, 0.2) is 11.6 Å². The molecule has 10 rings (SSSR count). The van der Waals surface area contributed by atoms with Gasteiger partial charge in [0.25, 0.3) is 0 Å². The first-order valence-electron chi connectivity index (χ1n) is 17.5. The summed E-state index contributed by atoms with van der Waals surface area (Å²) >= 11 is 0. The van der Waals surface area contributed by atoms with E-state index in [1.54, 1.807) is 0 Å². The summed E-state index contributed by atoms with van der Waals surface area (Å²) in [6.45, 7) is 4.18. The van der Waals surface area contributed by atoms with Crippen molar-refractivity contribution in [2.45, 2.75) is 13.8 Å². The smallest absolute Gasteiger partial charge is 0.238 e. The molecular weight excluding hydrogens is 637 g/mol. The average molecular weight is 669 g/mol. The molecule has 0 fully saturated rings. The van der Waals surface area contributed by atoms with Gasteiger partial charge < -0.3 is 4.42 Å². The summed E-state index contributed by atoms with van der Waals surface area (Å²) in [7, 11) is 0. The van der Waals surface area contributed by atoms with Gasteiger partial charge in [-0.05, 0) is 72.5 Å². The molecule has 0 unspecified atom stereocenters. The highest BCUT2D eigenvalue weighted by Gasteiger charge is 2.19. The SMILES string of the molecule is Cc1ccc(-c2nc(-c3ccc(C)cc3)nc(-n3c4ccccc4c4ccc(-c5ccc6oc7ccc(-c8ccccc8)cc7c6c5)cc43)n2)cc1. The fourth-order valence-electron chi connectivity index (χ4n) is 7.26. The predicted octanol–water partition coefficient (Wildman–Crippen LogP) is 12.2. The zero-order chi connectivity index (χ0) is 34.8. The Hall–Kier alpha value is -6.85. The van der Waals surface area contributed by atoms with E-state index < -0.39 is 0 Å². The third kappa shape index (κ3) is 5.05. The van der Waals surface area contributed by atoms with Crippen LogP contribution in [0.2, 0.25) is 0 Å². The maximum atomic E-state index is 6.30. The number of aryl methyl sites for hydroxylation is 2. The summed E-state index contributed by atoms with van der Waals surface area (Å²) in [6, 6.07) is 55.3. The molecule has 0 aliphatic heterocycles. The lowest BCUT2D eigenvalue weighted by Gasteiger charge is -2.11. The van der Waals surface area contributed by atoms with Gasteiger partial charge in [-0.2, -0.15) is 9.97 Å². The van der Waals surface area contributed by atoms with Gasteiger partial charge in [-0.1, -0.05) is 132 Å². The number of rotatable bonds is 5. The fourth-order valence-corrected chi connectivity index (χ4v) is 7.26. The Bertz CT molecular complexity index is 2890. The first-order valence-corrected chi connectivity index (χ1v) is 17.5. The van der Waals surface area contributed by atoms with E-state index in [2.05, 4.69) is 170 Å². The molecule has 0 aliphatic carbocycles. The second-order valence-electron chi connectivity index (χ2n) is 13.5. The van der Waals surface area contributed by atoms with E-state index >= 15 is 0 Å². The molecule has 7 aromatic carbocycles. The zero-order valence-corrected chi connectivity index (χ0v) is 28.7. The maximum absolute atomic E-state index is 6.30. The highest BCUT2D eigenvalue weighted by Crippen LogP contribution is 2.38.